The van der Waals surface area contributed by atoms with E-state index >= 15 is 0 Å². The molecule has 0 aromatic heterocycles. The Hall–Kier alpha value is -2.11. The molecule has 2 aromatic carbocycles. The number of hydrogen-bond acceptors (Lipinski definition) is 2. The van der Waals surface area contributed by atoms with Crippen LogP contribution in [-0.2, 0) is 22.6 Å². The molecule has 0 radical (unpaired) electrons. The average molecular weight is 409 g/mol. The number of amides is 2. The van der Waals surface area contributed by atoms with Crippen molar-refractivity contribution in [1.82, 2.24) is 10.2 Å². The molecule has 0 unspecified atom stereocenters. The van der Waals surface area contributed by atoms with E-state index < -0.39 is 5.92 Å². The van der Waals surface area contributed by atoms with Crippen LogP contribution in [-0.4, -0.2) is 29.8 Å². The first kappa shape index (κ1) is 19.6. The zero-order valence-corrected chi connectivity index (χ0v) is 16.1. The Bertz CT molecular complexity index is 860. The summed E-state index contributed by atoms with van der Waals surface area (Å²) in [4.78, 5) is 26.1. The van der Waals surface area contributed by atoms with Crippen LogP contribution in [0.15, 0.2) is 42.5 Å². The smallest absolute Gasteiger partial charge is 0.225 e. The Morgan fingerprint density at radius 1 is 1.19 bits per heavy atom. The minimum absolute atomic E-state index is 0.140. The molecular weight excluding hydrogens is 390 g/mol. The fourth-order valence-electron chi connectivity index (χ4n) is 3.12. The molecule has 0 spiro atoms. The van der Waals surface area contributed by atoms with E-state index in [9.17, 15) is 14.0 Å². The van der Waals surface area contributed by atoms with Gasteiger partial charge in [-0.25, -0.2) is 4.39 Å². The van der Waals surface area contributed by atoms with Crippen molar-refractivity contribution in [3.8, 4) is 0 Å². The first-order valence-electron chi connectivity index (χ1n) is 8.67. The molecular formula is C20H19Cl2FN2O2. The zero-order chi connectivity index (χ0) is 19.4. The largest absolute Gasteiger partial charge is 0.355 e. The molecule has 7 heteroatoms. The van der Waals surface area contributed by atoms with Gasteiger partial charge in [-0.05, 0) is 30.2 Å². The van der Waals surface area contributed by atoms with Gasteiger partial charge in [0.2, 0.25) is 11.8 Å². The minimum atomic E-state index is -0.426. The van der Waals surface area contributed by atoms with Crippen molar-refractivity contribution in [2.75, 3.05) is 13.1 Å². The lowest BCUT2D eigenvalue weighted by Gasteiger charge is -2.17. The number of nitrogens with one attached hydrogen (secondary N) is 1. The Morgan fingerprint density at radius 2 is 1.96 bits per heavy atom. The number of rotatable bonds is 6. The zero-order valence-electron chi connectivity index (χ0n) is 14.6. The van der Waals surface area contributed by atoms with Crippen LogP contribution < -0.4 is 5.32 Å². The van der Waals surface area contributed by atoms with Gasteiger partial charge in [0.25, 0.3) is 0 Å². The fourth-order valence-corrected chi connectivity index (χ4v) is 3.62. The van der Waals surface area contributed by atoms with E-state index in [1.54, 1.807) is 30.3 Å². The highest BCUT2D eigenvalue weighted by molar-refractivity contribution is 6.35. The third kappa shape index (κ3) is 4.99. The van der Waals surface area contributed by atoms with Crippen LogP contribution in [0, 0.1) is 11.7 Å². The predicted molar refractivity (Wildman–Crippen MR) is 103 cm³/mol. The second-order valence-corrected chi connectivity index (χ2v) is 7.39. The molecule has 1 aliphatic rings. The molecule has 0 aliphatic carbocycles. The number of carbonyl (C=O) groups is 2. The van der Waals surface area contributed by atoms with Gasteiger partial charge in [0.15, 0.2) is 0 Å². The Kier molecular flexibility index (Phi) is 6.34. The number of hydrogen-bond donors (Lipinski definition) is 1. The van der Waals surface area contributed by atoms with Gasteiger partial charge in [-0.2, -0.15) is 0 Å². The minimum Gasteiger partial charge on any atom is -0.355 e. The Balaban J connectivity index is 1.51. The van der Waals surface area contributed by atoms with Gasteiger partial charge < -0.3 is 10.2 Å². The van der Waals surface area contributed by atoms with E-state index in [0.29, 0.717) is 35.1 Å². The maximum atomic E-state index is 13.8. The normalized spacial score (nSPS) is 16.6. The van der Waals surface area contributed by atoms with E-state index in [-0.39, 0.29) is 30.6 Å². The lowest BCUT2D eigenvalue weighted by atomic mass is 10.1. The molecule has 1 fully saturated rings. The van der Waals surface area contributed by atoms with Crippen molar-refractivity contribution in [3.05, 3.63) is 69.5 Å². The second kappa shape index (κ2) is 8.72. The summed E-state index contributed by atoms with van der Waals surface area (Å²) in [5, 5.41) is 3.97. The molecule has 0 saturated carbocycles. The molecule has 1 atom stereocenters. The summed E-state index contributed by atoms with van der Waals surface area (Å²) in [5.74, 6) is -1.09. The molecule has 1 N–H and O–H groups in total. The quantitative estimate of drug-likeness (QED) is 0.788. The molecule has 1 heterocycles. The van der Waals surface area contributed by atoms with Gasteiger partial charge in [-0.3, -0.25) is 9.59 Å². The van der Waals surface area contributed by atoms with E-state index in [1.165, 1.54) is 11.0 Å². The summed E-state index contributed by atoms with van der Waals surface area (Å²) >= 11 is 12.0. The maximum Gasteiger partial charge on any atom is 0.225 e. The molecule has 2 amide bonds. The highest BCUT2D eigenvalue weighted by Gasteiger charge is 2.34. The number of carbonyl (C=O) groups excluding carboxylic acids is 2. The van der Waals surface area contributed by atoms with Gasteiger partial charge in [0.05, 0.1) is 5.92 Å². The lowest BCUT2D eigenvalue weighted by molar-refractivity contribution is -0.129. The third-order valence-corrected chi connectivity index (χ3v) is 5.20. The summed E-state index contributed by atoms with van der Waals surface area (Å²) in [5.41, 5.74) is 1.34. The first-order chi connectivity index (χ1) is 12.9. The molecule has 1 aliphatic heterocycles. The molecule has 2 aromatic rings. The Labute approximate surface area is 167 Å². The maximum absolute atomic E-state index is 13.8. The van der Waals surface area contributed by atoms with Crippen LogP contribution in [0.1, 0.15) is 17.5 Å². The average Bonchev–Trinajstić information content (AvgIpc) is 2.99. The van der Waals surface area contributed by atoms with Gasteiger partial charge in [0.1, 0.15) is 5.82 Å². The van der Waals surface area contributed by atoms with Crippen LogP contribution in [0.3, 0.4) is 0 Å². The highest BCUT2D eigenvalue weighted by Crippen LogP contribution is 2.23. The highest BCUT2D eigenvalue weighted by atomic mass is 35.5. The molecule has 1 saturated heterocycles. The van der Waals surface area contributed by atoms with Crippen LogP contribution >= 0.6 is 23.2 Å². The van der Waals surface area contributed by atoms with E-state index in [2.05, 4.69) is 5.32 Å². The lowest BCUT2D eigenvalue weighted by Crippen LogP contribution is -2.34. The second-order valence-electron chi connectivity index (χ2n) is 6.54. The SMILES string of the molecule is O=C(NCCc1ccc(Cl)cc1Cl)[C@H]1CC(=O)N(Cc2ccccc2F)C1. The molecule has 0 bridgehead atoms. The Morgan fingerprint density at radius 3 is 2.70 bits per heavy atom. The van der Waals surface area contributed by atoms with E-state index in [0.717, 1.165) is 5.56 Å². The standard InChI is InChI=1S/C20H19Cl2FN2O2/c21-16-6-5-13(17(22)10-16)7-8-24-20(27)15-9-19(26)25(12-15)11-14-3-1-2-4-18(14)23/h1-6,10,15H,7-9,11-12H2,(H,24,27)/t15-/m0/s1. The van der Waals surface area contributed by atoms with Gasteiger partial charge in [0, 0.05) is 41.7 Å². The van der Waals surface area contributed by atoms with Gasteiger partial charge in [-0.1, -0.05) is 47.5 Å². The number of likely N-dealkylation sites (tertiary alicyclic amines) is 1. The first-order valence-corrected chi connectivity index (χ1v) is 9.42. The predicted octanol–water partition coefficient (Wildman–Crippen LogP) is 3.84. The van der Waals surface area contributed by atoms with Gasteiger partial charge in [-0.15, -0.1) is 0 Å². The molecule has 4 nitrogen and oxygen atoms in total. The van der Waals surface area contributed by atoms with Crippen molar-refractivity contribution in [2.24, 2.45) is 5.92 Å². The van der Waals surface area contributed by atoms with Gasteiger partial charge >= 0.3 is 0 Å². The number of halogens is 3. The summed E-state index contributed by atoms with van der Waals surface area (Å²) in [6, 6.07) is 11.6. The van der Waals surface area contributed by atoms with E-state index in [1.807, 2.05) is 6.07 Å². The number of nitrogens with zero attached hydrogens (tertiary/aromatic N) is 1. The number of benzene rings is 2. The summed E-state index contributed by atoms with van der Waals surface area (Å²) in [6.45, 7) is 0.883. The van der Waals surface area contributed by atoms with Crippen molar-refractivity contribution in [1.29, 1.82) is 0 Å². The summed E-state index contributed by atoms with van der Waals surface area (Å²) in [7, 11) is 0. The third-order valence-electron chi connectivity index (χ3n) is 4.61. The van der Waals surface area contributed by atoms with Crippen LogP contribution in [0.4, 0.5) is 4.39 Å². The van der Waals surface area contributed by atoms with Crippen molar-refractivity contribution < 1.29 is 14.0 Å². The van der Waals surface area contributed by atoms with Crippen LogP contribution in [0.5, 0.6) is 0 Å². The summed E-state index contributed by atoms with van der Waals surface area (Å²) < 4.78 is 13.8. The molecule has 142 valence electrons. The van der Waals surface area contributed by atoms with Crippen molar-refractivity contribution in [3.63, 3.8) is 0 Å². The molecule has 27 heavy (non-hydrogen) atoms. The summed E-state index contributed by atoms with van der Waals surface area (Å²) in [6.07, 6.45) is 0.712. The van der Waals surface area contributed by atoms with Crippen molar-refractivity contribution >= 4 is 35.0 Å². The topological polar surface area (TPSA) is 49.4 Å². The van der Waals surface area contributed by atoms with Crippen LogP contribution in [0.25, 0.3) is 0 Å². The molecule has 3 rings (SSSR count). The van der Waals surface area contributed by atoms with E-state index in [4.69, 9.17) is 23.2 Å². The van der Waals surface area contributed by atoms with Crippen LogP contribution in [0.2, 0.25) is 10.0 Å². The van der Waals surface area contributed by atoms with Crippen molar-refractivity contribution in [2.45, 2.75) is 19.4 Å². The fraction of sp³-hybridized carbons (Fsp3) is 0.300. The monoisotopic (exact) mass is 408 g/mol.